The summed E-state index contributed by atoms with van der Waals surface area (Å²) in [4.78, 5) is 11.7. The summed E-state index contributed by atoms with van der Waals surface area (Å²) in [5.41, 5.74) is 1.15. The summed E-state index contributed by atoms with van der Waals surface area (Å²) in [7, 11) is 0. The van der Waals surface area contributed by atoms with Crippen molar-refractivity contribution in [3.05, 3.63) is 64.3 Å². The van der Waals surface area contributed by atoms with Gasteiger partial charge in [0, 0.05) is 19.3 Å². The lowest BCUT2D eigenvalue weighted by atomic mass is 10.2. The maximum atomic E-state index is 12.8. The van der Waals surface area contributed by atoms with E-state index in [1.807, 2.05) is 0 Å². The van der Waals surface area contributed by atoms with Crippen molar-refractivity contribution in [1.82, 2.24) is 4.57 Å². The second-order valence-electron chi connectivity index (χ2n) is 3.44. The highest BCUT2D eigenvalue weighted by Gasteiger charge is 2.00. The topological polar surface area (TPSA) is 22.0 Å². The minimum Gasteiger partial charge on any atom is -0.284 e. The smallest absolute Gasteiger partial charge is 0.255 e. The molecule has 1 aromatic heterocycles. The molecule has 1 heterocycles. The summed E-state index contributed by atoms with van der Waals surface area (Å²) < 4.78 is 21.8. The van der Waals surface area contributed by atoms with Gasteiger partial charge in [0.05, 0.1) is 0 Å². The summed E-state index contributed by atoms with van der Waals surface area (Å²) in [6, 6.07) is 8.74. The molecule has 0 bridgehead atoms. The molecule has 0 aliphatic carbocycles. The fraction of sp³-hybridized carbons (Fsp3) is 0.154. The van der Waals surface area contributed by atoms with Crippen LogP contribution in [0.5, 0.6) is 0 Å². The molecule has 0 aliphatic rings. The van der Waals surface area contributed by atoms with Crippen LogP contribution in [0.4, 0.5) is 4.39 Å². The van der Waals surface area contributed by atoms with E-state index in [9.17, 15) is 9.18 Å². The van der Waals surface area contributed by atoms with Crippen LogP contribution in [-0.2, 0) is 6.40 Å². The molecule has 0 fully saturated rings. The van der Waals surface area contributed by atoms with Gasteiger partial charge in [-0.25, -0.2) is 4.39 Å². The molecule has 0 aliphatic heterocycles. The summed E-state index contributed by atoms with van der Waals surface area (Å²) in [5, 5.41) is 0. The van der Waals surface area contributed by atoms with Crippen LogP contribution in [0, 0.1) is 5.82 Å². The van der Waals surface area contributed by atoms with Gasteiger partial charge >= 0.3 is 0 Å². The first-order valence-corrected chi connectivity index (χ1v) is 4.99. The Hall–Kier alpha value is -1.90. The first kappa shape index (κ1) is 9.33. The molecular formula is C13H12FNO. The van der Waals surface area contributed by atoms with Crippen molar-refractivity contribution in [3.63, 3.8) is 0 Å². The number of halogens is 1. The van der Waals surface area contributed by atoms with Crippen LogP contribution in [0.25, 0.3) is 5.69 Å². The largest absolute Gasteiger partial charge is 0.284 e. The van der Waals surface area contributed by atoms with E-state index in [2.05, 4.69) is 0 Å². The summed E-state index contributed by atoms with van der Waals surface area (Å²) in [6.07, 6.45) is 1.22. The number of hydrogen-bond acceptors (Lipinski definition) is 1. The number of hydrogen-bond donors (Lipinski definition) is 0. The van der Waals surface area contributed by atoms with Crippen molar-refractivity contribution in [1.29, 1.82) is 0 Å². The number of benzene rings is 1. The van der Waals surface area contributed by atoms with Crippen molar-refractivity contribution < 1.29 is 5.76 Å². The Morgan fingerprint density at radius 3 is 2.56 bits per heavy atom. The van der Waals surface area contributed by atoms with Gasteiger partial charge in [-0.1, -0.05) is 13.0 Å². The molecule has 3 heteroatoms. The Balaban J connectivity index is 2.54. The zero-order valence-corrected chi connectivity index (χ0v) is 8.85. The zero-order valence-electron chi connectivity index (χ0n) is 9.85. The molecule has 2 nitrogen and oxygen atoms in total. The molecule has 16 heavy (non-hydrogen) atoms. The van der Waals surface area contributed by atoms with Gasteiger partial charge in [-0.2, -0.15) is 0 Å². The van der Waals surface area contributed by atoms with Gasteiger partial charge < -0.3 is 0 Å². The van der Waals surface area contributed by atoms with Crippen LogP contribution in [0.15, 0.2) is 47.4 Å². The molecular weight excluding hydrogens is 205 g/mol. The highest BCUT2D eigenvalue weighted by Crippen LogP contribution is 2.08. The van der Waals surface area contributed by atoms with Gasteiger partial charge in [0.25, 0.3) is 5.56 Å². The van der Waals surface area contributed by atoms with E-state index in [0.717, 1.165) is 5.56 Å². The van der Waals surface area contributed by atoms with Crippen LogP contribution in [0.2, 0.25) is 0 Å². The Kier molecular flexibility index (Phi) is 2.51. The first-order chi connectivity index (χ1) is 8.08. The van der Waals surface area contributed by atoms with Crippen molar-refractivity contribution in [3.8, 4) is 5.69 Å². The average Bonchev–Trinajstić information content (AvgIpc) is 2.31. The molecule has 0 spiro atoms. The summed E-state index contributed by atoms with van der Waals surface area (Å²) >= 11 is 0. The number of nitrogens with zero attached hydrogens (tertiary/aromatic N) is 1. The zero-order chi connectivity index (χ0) is 12.4. The van der Waals surface area contributed by atoms with E-state index in [1.165, 1.54) is 34.9 Å². The highest BCUT2D eigenvalue weighted by atomic mass is 19.1. The van der Waals surface area contributed by atoms with E-state index in [0.29, 0.717) is 5.69 Å². The average molecular weight is 218 g/mol. The summed E-state index contributed by atoms with van der Waals surface area (Å²) in [5.74, 6) is -0.341. The quantitative estimate of drug-likeness (QED) is 0.759. The molecule has 0 saturated heterocycles. The fourth-order valence-electron chi connectivity index (χ4n) is 1.48. The lowest BCUT2D eigenvalue weighted by Crippen LogP contribution is -2.16. The maximum absolute atomic E-state index is 12.8. The molecule has 1 aromatic carbocycles. The van der Waals surface area contributed by atoms with Crippen LogP contribution in [0.1, 0.15) is 13.9 Å². The van der Waals surface area contributed by atoms with Gasteiger partial charge in [-0.05, 0) is 36.2 Å². The molecule has 0 radical (unpaired) electrons. The van der Waals surface area contributed by atoms with Crippen LogP contribution < -0.4 is 5.56 Å². The molecule has 0 saturated carbocycles. The second kappa shape index (κ2) is 4.31. The first-order valence-electron chi connectivity index (χ1n) is 5.56. The van der Waals surface area contributed by atoms with Crippen molar-refractivity contribution in [2.24, 2.45) is 0 Å². The lowest BCUT2D eigenvalue weighted by molar-refractivity contribution is 0.627. The van der Waals surface area contributed by atoms with Gasteiger partial charge in [0.2, 0.25) is 0 Å². The van der Waals surface area contributed by atoms with E-state index in [4.69, 9.17) is 1.37 Å². The number of aromatic nitrogens is 1. The normalized spacial score (nSPS) is 13.2. The van der Waals surface area contributed by atoms with Crippen LogP contribution >= 0.6 is 0 Å². The Morgan fingerprint density at radius 2 is 1.94 bits per heavy atom. The van der Waals surface area contributed by atoms with Gasteiger partial charge in [-0.15, -0.1) is 0 Å². The van der Waals surface area contributed by atoms with Crippen molar-refractivity contribution in [2.45, 2.75) is 13.3 Å². The molecule has 0 amide bonds. The number of pyridine rings is 1. The van der Waals surface area contributed by atoms with Crippen molar-refractivity contribution in [2.75, 3.05) is 0 Å². The predicted octanol–water partition coefficient (Wildman–Crippen LogP) is 2.54. The van der Waals surface area contributed by atoms with Crippen LogP contribution in [-0.4, -0.2) is 4.57 Å². The highest BCUT2D eigenvalue weighted by molar-refractivity contribution is 5.33. The summed E-state index contributed by atoms with van der Waals surface area (Å²) in [6.45, 7) is 1.73. The van der Waals surface area contributed by atoms with Gasteiger partial charge in [0.1, 0.15) is 5.82 Å². The van der Waals surface area contributed by atoms with E-state index < -0.39 is 6.40 Å². The Bertz CT molecular complexity index is 575. The fourth-order valence-corrected chi connectivity index (χ4v) is 1.48. The minimum atomic E-state index is -0.401. The van der Waals surface area contributed by atoms with Gasteiger partial charge in [0.15, 0.2) is 0 Å². The van der Waals surface area contributed by atoms with E-state index in [1.54, 1.807) is 19.2 Å². The Morgan fingerprint density at radius 1 is 1.25 bits per heavy atom. The van der Waals surface area contributed by atoms with Gasteiger partial charge in [-0.3, -0.25) is 9.36 Å². The molecule has 2 rings (SSSR count). The molecule has 0 N–H and O–H groups in total. The monoisotopic (exact) mass is 218 g/mol. The van der Waals surface area contributed by atoms with E-state index >= 15 is 0 Å². The maximum Gasteiger partial charge on any atom is 0.255 e. The SMILES string of the molecule is [2H]C(C)c1ccc(=O)n(-c2ccc(F)cc2)c1. The molecule has 1 atom stereocenters. The van der Waals surface area contributed by atoms with Crippen molar-refractivity contribution >= 4 is 0 Å². The Labute approximate surface area is 94.4 Å². The third-order valence-corrected chi connectivity index (χ3v) is 2.37. The number of rotatable bonds is 2. The lowest BCUT2D eigenvalue weighted by Gasteiger charge is -2.06. The standard InChI is InChI=1S/C13H12FNO/c1-2-10-3-8-13(16)15(9-10)12-6-4-11(14)5-7-12/h3-9H,2H2,1H3/i2D. The third-order valence-electron chi connectivity index (χ3n) is 2.37. The van der Waals surface area contributed by atoms with Crippen LogP contribution in [0.3, 0.4) is 0 Å². The molecule has 1 unspecified atom stereocenters. The predicted molar refractivity (Wildman–Crippen MR) is 61.4 cm³/mol. The third kappa shape index (κ3) is 2.03. The second-order valence-corrected chi connectivity index (χ2v) is 3.44. The molecule has 82 valence electrons. The number of aryl methyl sites for hydroxylation is 1. The molecule has 2 aromatic rings. The van der Waals surface area contributed by atoms with E-state index in [-0.39, 0.29) is 11.4 Å². The minimum absolute atomic E-state index is 0.194.